The fraction of sp³-hybridized carbons (Fsp3) is 0.643. The van der Waals surface area contributed by atoms with Crippen LogP contribution >= 0.6 is 0 Å². The number of hydrogen-bond donors (Lipinski definition) is 24. The van der Waals surface area contributed by atoms with Crippen molar-refractivity contribution in [3.05, 3.63) is 36.0 Å². The van der Waals surface area contributed by atoms with Gasteiger partial charge in [-0.2, -0.15) is 0 Å². The topological polar surface area (TPSA) is 727 Å². The molecular weight excluding hydrogens is 1440 g/mol. The van der Waals surface area contributed by atoms with Crippen LogP contribution in [0.1, 0.15) is 152 Å². The van der Waals surface area contributed by atoms with Gasteiger partial charge in [0, 0.05) is 49.7 Å². The number of rotatable bonds is 51. The number of aromatic nitrogens is 1. The van der Waals surface area contributed by atoms with Gasteiger partial charge in [-0.15, -0.1) is 0 Å². The predicted octanol–water partition coefficient (Wildman–Crippen LogP) is -6.19. The van der Waals surface area contributed by atoms with E-state index in [1.807, 2.05) is 0 Å². The van der Waals surface area contributed by atoms with E-state index in [0.717, 1.165) is 0 Å². The molecule has 41 nitrogen and oxygen atoms in total. The van der Waals surface area contributed by atoms with Crippen LogP contribution in [-0.4, -0.2) is 211 Å². The minimum absolute atomic E-state index is 0.0148. The first-order valence-electron chi connectivity index (χ1n) is 37.3. The minimum Gasteiger partial charge on any atom is -0.370 e. The summed E-state index contributed by atoms with van der Waals surface area (Å²) in [5.41, 5.74) is 68.8. The van der Waals surface area contributed by atoms with Crippen LogP contribution in [-0.2, 0) is 64.0 Å². The average Bonchev–Trinajstić information content (AvgIpc) is 1.70. The Bertz CT molecular complexity index is 3560. The van der Waals surface area contributed by atoms with Gasteiger partial charge in [-0.1, -0.05) is 100 Å². The van der Waals surface area contributed by atoms with Crippen molar-refractivity contribution in [2.75, 3.05) is 32.7 Å². The molecule has 622 valence electrons. The van der Waals surface area contributed by atoms with Crippen LogP contribution in [0.3, 0.4) is 0 Å². The molecule has 0 radical (unpaired) electrons. The lowest BCUT2D eigenvalue weighted by atomic mass is 9.96. The maximum atomic E-state index is 15.0. The first kappa shape index (κ1) is 95.8. The molecule has 0 saturated heterocycles. The Labute approximate surface area is 647 Å². The summed E-state index contributed by atoms with van der Waals surface area (Å²) in [7, 11) is 0. The maximum Gasteiger partial charge on any atom is 0.245 e. The van der Waals surface area contributed by atoms with E-state index in [4.69, 9.17) is 68.8 Å². The van der Waals surface area contributed by atoms with Crippen molar-refractivity contribution in [3.63, 3.8) is 0 Å². The van der Waals surface area contributed by atoms with Gasteiger partial charge in [0.1, 0.15) is 66.5 Å². The molecule has 14 atom stereocenters. The van der Waals surface area contributed by atoms with Crippen molar-refractivity contribution < 1.29 is 57.5 Å². The monoisotopic (exact) mass is 1560 g/mol. The van der Waals surface area contributed by atoms with Gasteiger partial charge >= 0.3 is 0 Å². The number of nitrogens with zero attached hydrogens (tertiary/aromatic N) is 5. The van der Waals surface area contributed by atoms with E-state index < -0.39 is 174 Å². The molecule has 12 amide bonds. The summed E-state index contributed by atoms with van der Waals surface area (Å²) in [6.07, 6.45) is 2.75. The molecule has 0 unspecified atom stereocenters. The smallest absolute Gasteiger partial charge is 0.245 e. The Balaban J connectivity index is 2.56. The number of carbonyl (C=O) groups is 12. The van der Waals surface area contributed by atoms with E-state index in [0.29, 0.717) is 22.9 Å². The highest BCUT2D eigenvalue weighted by atomic mass is 16.2. The van der Waals surface area contributed by atoms with E-state index >= 15 is 0 Å². The fourth-order valence-electron chi connectivity index (χ4n) is 11.2. The zero-order valence-corrected chi connectivity index (χ0v) is 65.8. The number of carbonyl (C=O) groups excluding carboxylic acids is 12. The number of nitrogens with one attached hydrogen (secondary N) is 12. The van der Waals surface area contributed by atoms with Crippen molar-refractivity contribution in [2.24, 2.45) is 123 Å². The third-order valence-corrected chi connectivity index (χ3v) is 18.1. The molecule has 0 aliphatic heterocycles. The zero-order chi connectivity index (χ0) is 83.9. The van der Waals surface area contributed by atoms with Crippen LogP contribution in [0.4, 0.5) is 0 Å². The molecule has 36 N–H and O–H groups in total. The van der Waals surface area contributed by atoms with Crippen molar-refractivity contribution in [1.29, 1.82) is 0 Å². The fourth-order valence-corrected chi connectivity index (χ4v) is 11.2. The lowest BCUT2D eigenvalue weighted by Crippen LogP contribution is -2.62. The van der Waals surface area contributed by atoms with Crippen LogP contribution < -0.4 is 127 Å². The molecule has 2 rings (SSSR count). The summed E-state index contributed by atoms with van der Waals surface area (Å²) in [5.74, 6) is -13.8. The predicted molar refractivity (Wildman–Crippen MR) is 424 cm³/mol. The number of primary amides is 1. The van der Waals surface area contributed by atoms with Gasteiger partial charge < -0.3 is 132 Å². The normalized spacial score (nSPS) is 14.9. The lowest BCUT2D eigenvalue weighted by molar-refractivity contribution is -0.137. The molecule has 1 heterocycles. The Kier molecular flexibility index (Phi) is 42.3. The molecule has 0 spiro atoms. The van der Waals surface area contributed by atoms with E-state index in [1.54, 1.807) is 99.7 Å². The second-order valence-electron chi connectivity index (χ2n) is 28.6. The van der Waals surface area contributed by atoms with Crippen LogP contribution in [0.15, 0.2) is 55.4 Å². The first-order valence-corrected chi connectivity index (χ1v) is 37.3. The second kappa shape index (κ2) is 49.0. The van der Waals surface area contributed by atoms with Crippen LogP contribution in [0.25, 0.3) is 10.9 Å². The molecule has 1 aromatic carbocycles. The van der Waals surface area contributed by atoms with E-state index in [9.17, 15) is 57.5 Å². The first-order chi connectivity index (χ1) is 52.1. The summed E-state index contributed by atoms with van der Waals surface area (Å²) >= 11 is 0. The highest BCUT2D eigenvalue weighted by molar-refractivity contribution is 6.00. The van der Waals surface area contributed by atoms with Gasteiger partial charge in [-0.3, -0.25) is 82.5 Å². The van der Waals surface area contributed by atoms with Gasteiger partial charge in [0.05, 0.1) is 12.6 Å². The SMILES string of the molecule is CC[C@H](C)[C@H](NC(=O)[C@H](CC(C)C)NC(=O)[C@H](CCCN=C(N)N)NC(=O)[C@@H](N)C(C)C)C(=O)N[C@@H](CN=C(N)N)C(=O)N[C@@H](C)C(=O)N[C@H](C(=O)N[C@@H](CCCN=C(N)N)C(=O)N[C@H](C(=O)N[C@@H](Cc1c[nH]c2ccccc12)C(=O)N[C@@H](CCCN=C(N)N)C(=O)N[C@@H](CCCN=C(N)N)C(N)=O)[C@@H](C)CC)C(C)C. The Morgan fingerprint density at radius 1 is 0.378 bits per heavy atom. The summed E-state index contributed by atoms with van der Waals surface area (Å²) in [4.78, 5) is 193. The number of fused-ring (bicyclic) bond motifs is 1. The quantitative estimate of drug-likeness (QED) is 0.0166. The van der Waals surface area contributed by atoms with Crippen LogP contribution in [0.5, 0.6) is 0 Å². The Morgan fingerprint density at radius 2 is 0.730 bits per heavy atom. The zero-order valence-electron chi connectivity index (χ0n) is 65.8. The van der Waals surface area contributed by atoms with E-state index in [1.165, 1.54) is 6.92 Å². The van der Waals surface area contributed by atoms with Crippen LogP contribution in [0, 0.1) is 29.6 Å². The van der Waals surface area contributed by atoms with Gasteiger partial charge in [0.2, 0.25) is 70.9 Å². The molecule has 0 fully saturated rings. The molecule has 2 aromatic rings. The largest absolute Gasteiger partial charge is 0.370 e. The van der Waals surface area contributed by atoms with Gasteiger partial charge in [-0.25, -0.2) is 0 Å². The standard InChI is InChI=1S/C70H125N29O12/c1-12-37(9)52(64(110)95-48(31-40-32-87-42-21-15-14-20-41(40)42)59(105)91-44(23-17-27-84-67(75)76)56(102)90-43(54(72)100)22-16-26-83-66(73)74)98-58(104)46(25-19-29-86-69(79)80)93-63(109)51(36(7)8)97-55(101)39(11)89-61(107)49(33-88-70(81)82)96-65(111)53(38(10)13-2)99-60(106)47(30-34(3)4)94-57(103)45(24-18-28-85-68(77)78)92-62(108)50(71)35(5)6/h14-15,20-21,32,34-39,43-53,87H,12-13,16-19,22-31,33,71H2,1-11H3,(H2,72,100)(H,89,107)(H,90,102)(H,91,105)(H,92,108)(H,93,109)(H,94,103)(H,95,110)(H,96,111)(H,97,101)(H,98,104)(H,99,106)(H4,73,74,83)(H4,75,76,84)(H4,77,78,85)(H4,79,80,86)(H4,81,82,88)/t37-,38-,39-,43-,44-,45-,46-,47-,48-,49-,50-,51-,52-,53-/m0/s1. The summed E-state index contributed by atoms with van der Waals surface area (Å²) in [6, 6.07) is -8.96. The number of H-pyrrole nitrogens is 1. The molecule has 0 bridgehead atoms. The molecule has 111 heavy (non-hydrogen) atoms. The van der Waals surface area contributed by atoms with Gasteiger partial charge in [0.25, 0.3) is 0 Å². The van der Waals surface area contributed by atoms with Crippen molar-refractivity contribution in [1.82, 2.24) is 63.5 Å². The summed E-state index contributed by atoms with van der Waals surface area (Å²) < 4.78 is 0. The number of hydrogen-bond acceptors (Lipinski definition) is 18. The van der Waals surface area contributed by atoms with Crippen LogP contribution in [0.2, 0.25) is 0 Å². The minimum atomic E-state index is -1.61. The third-order valence-electron chi connectivity index (χ3n) is 18.1. The number of amides is 12. The number of guanidine groups is 5. The number of para-hydroxylation sites is 1. The molecule has 0 saturated carbocycles. The van der Waals surface area contributed by atoms with E-state index in [2.05, 4.69) is 88.4 Å². The highest BCUT2D eigenvalue weighted by Crippen LogP contribution is 2.21. The molecular formula is C70H125N29O12. The number of benzene rings is 1. The van der Waals surface area contributed by atoms with Crippen molar-refractivity contribution >= 4 is 112 Å². The Morgan fingerprint density at radius 3 is 1.15 bits per heavy atom. The average molecular weight is 1560 g/mol. The van der Waals surface area contributed by atoms with Crippen molar-refractivity contribution in [3.8, 4) is 0 Å². The Hall–Kier alpha value is -11.3. The van der Waals surface area contributed by atoms with Gasteiger partial charge in [-0.05, 0) is 106 Å². The molecule has 41 heteroatoms. The number of nitrogens with two attached hydrogens (primary N) is 12. The third kappa shape index (κ3) is 35.3. The van der Waals surface area contributed by atoms with Crippen molar-refractivity contribution in [2.45, 2.75) is 226 Å². The molecule has 0 aliphatic rings. The molecule has 0 aliphatic carbocycles. The highest BCUT2D eigenvalue weighted by Gasteiger charge is 2.39. The maximum absolute atomic E-state index is 15.0. The second-order valence-corrected chi connectivity index (χ2v) is 28.6. The number of aliphatic imine (C=N–C) groups is 5. The van der Waals surface area contributed by atoms with E-state index in [-0.39, 0.29) is 132 Å². The summed E-state index contributed by atoms with van der Waals surface area (Å²) in [6.45, 7) is 18.1. The summed E-state index contributed by atoms with van der Waals surface area (Å²) in [5, 5.41) is 30.2. The van der Waals surface area contributed by atoms with Gasteiger partial charge in [0.15, 0.2) is 29.8 Å². The lowest BCUT2D eigenvalue weighted by Gasteiger charge is -2.30. The molecule has 1 aromatic heterocycles. The number of aromatic amines is 1.